The van der Waals surface area contributed by atoms with Crippen molar-refractivity contribution < 1.29 is 4.79 Å². The fraction of sp³-hybridized carbons (Fsp3) is 0.250. The van der Waals surface area contributed by atoms with Crippen LogP contribution in [0.4, 0.5) is 5.13 Å². The Bertz CT molecular complexity index is 554. The third kappa shape index (κ3) is 3.95. The summed E-state index contributed by atoms with van der Waals surface area (Å²) in [4.78, 5) is 13.1. The molecule has 0 bridgehead atoms. The maximum Gasteiger partial charge on any atom is 0.257 e. The Morgan fingerprint density at radius 2 is 2.05 bits per heavy atom. The molecule has 2 rings (SSSR count). The lowest BCUT2D eigenvalue weighted by Crippen LogP contribution is -2.11. The van der Waals surface area contributed by atoms with Gasteiger partial charge in [-0.2, -0.15) is 0 Å². The lowest BCUT2D eigenvalue weighted by atomic mass is 10.2. The molecule has 100 valence electrons. The molecule has 1 heterocycles. The summed E-state index contributed by atoms with van der Waals surface area (Å²) >= 11 is 4.65. The van der Waals surface area contributed by atoms with Crippen LogP contribution in [-0.4, -0.2) is 28.1 Å². The number of amides is 1. The number of benzene rings is 1. The monoisotopic (exact) mass is 311 g/mol. The third-order valence-corrected chi connectivity index (χ3v) is 4.84. The lowest BCUT2D eigenvalue weighted by Gasteiger charge is -2.01. The Labute approximate surface area is 124 Å². The fourth-order valence-electron chi connectivity index (χ4n) is 1.35. The molecule has 0 atom stereocenters. The zero-order valence-corrected chi connectivity index (χ0v) is 13.0. The SMILES string of the molecule is CCSc1nnc(NC(=O)c2ccc(SC)cc2)s1. The number of nitrogens with one attached hydrogen (secondary N) is 1. The van der Waals surface area contributed by atoms with Crippen LogP contribution in [0.5, 0.6) is 0 Å². The Balaban J connectivity index is 2.02. The predicted octanol–water partition coefficient (Wildman–Crippen LogP) is 3.62. The van der Waals surface area contributed by atoms with Crippen LogP contribution < -0.4 is 5.32 Å². The number of hydrogen-bond donors (Lipinski definition) is 1. The minimum atomic E-state index is -0.156. The molecular weight excluding hydrogens is 298 g/mol. The predicted molar refractivity (Wildman–Crippen MR) is 82.5 cm³/mol. The van der Waals surface area contributed by atoms with Crippen LogP contribution in [0.2, 0.25) is 0 Å². The van der Waals surface area contributed by atoms with Gasteiger partial charge in [0.05, 0.1) is 0 Å². The highest BCUT2D eigenvalue weighted by Crippen LogP contribution is 2.25. The van der Waals surface area contributed by atoms with E-state index in [1.165, 1.54) is 11.3 Å². The molecule has 0 saturated heterocycles. The van der Waals surface area contributed by atoms with Gasteiger partial charge in [0.15, 0.2) is 4.34 Å². The molecule has 2 aromatic rings. The first kappa shape index (κ1) is 14.4. The smallest absolute Gasteiger partial charge is 0.257 e. The summed E-state index contributed by atoms with van der Waals surface area (Å²) in [5.41, 5.74) is 0.623. The number of hydrogen-bond acceptors (Lipinski definition) is 6. The van der Waals surface area contributed by atoms with Crippen LogP contribution in [0, 0.1) is 0 Å². The van der Waals surface area contributed by atoms with Gasteiger partial charge < -0.3 is 0 Å². The molecule has 0 radical (unpaired) electrons. The first-order chi connectivity index (χ1) is 9.22. The normalized spacial score (nSPS) is 10.4. The van der Waals surface area contributed by atoms with E-state index in [1.807, 2.05) is 30.5 Å². The van der Waals surface area contributed by atoms with Crippen molar-refractivity contribution in [2.45, 2.75) is 16.2 Å². The van der Waals surface area contributed by atoms with Crippen molar-refractivity contribution in [2.75, 3.05) is 17.3 Å². The summed E-state index contributed by atoms with van der Waals surface area (Å²) in [6.07, 6.45) is 2.00. The molecule has 0 unspecified atom stereocenters. The molecule has 0 fully saturated rings. The van der Waals surface area contributed by atoms with E-state index in [0.29, 0.717) is 10.7 Å². The van der Waals surface area contributed by atoms with E-state index in [0.717, 1.165) is 15.0 Å². The molecule has 0 spiro atoms. The van der Waals surface area contributed by atoms with E-state index >= 15 is 0 Å². The first-order valence-electron chi connectivity index (χ1n) is 5.64. The second kappa shape index (κ2) is 6.93. The van der Waals surface area contributed by atoms with E-state index in [9.17, 15) is 4.79 Å². The van der Waals surface area contributed by atoms with Gasteiger partial charge in [-0.1, -0.05) is 30.0 Å². The van der Waals surface area contributed by atoms with Gasteiger partial charge in [0.2, 0.25) is 5.13 Å². The number of aromatic nitrogens is 2. The summed E-state index contributed by atoms with van der Waals surface area (Å²) in [7, 11) is 0. The Morgan fingerprint density at radius 1 is 1.32 bits per heavy atom. The Kier molecular flexibility index (Phi) is 5.24. The standard InChI is InChI=1S/C12H13N3OS3/c1-3-18-12-15-14-11(19-12)13-10(16)8-4-6-9(17-2)7-5-8/h4-7H,3H2,1-2H3,(H,13,14,16). The van der Waals surface area contributed by atoms with Gasteiger partial charge in [0.1, 0.15) is 0 Å². The average molecular weight is 311 g/mol. The summed E-state index contributed by atoms with van der Waals surface area (Å²) in [5, 5.41) is 11.2. The number of rotatable bonds is 5. The van der Waals surface area contributed by atoms with E-state index in [-0.39, 0.29) is 5.91 Å². The quantitative estimate of drug-likeness (QED) is 0.675. The number of carbonyl (C=O) groups excluding carboxylic acids is 1. The largest absolute Gasteiger partial charge is 0.296 e. The average Bonchev–Trinajstić information content (AvgIpc) is 2.86. The van der Waals surface area contributed by atoms with Crippen LogP contribution >= 0.6 is 34.9 Å². The van der Waals surface area contributed by atoms with Crippen molar-refractivity contribution >= 4 is 45.9 Å². The lowest BCUT2D eigenvalue weighted by molar-refractivity contribution is 0.102. The second-order valence-corrected chi connectivity index (χ2v) is 6.86. The molecule has 0 aliphatic rings. The minimum Gasteiger partial charge on any atom is -0.296 e. The van der Waals surface area contributed by atoms with E-state index in [4.69, 9.17) is 0 Å². The molecule has 1 amide bonds. The van der Waals surface area contributed by atoms with Crippen molar-refractivity contribution in [1.29, 1.82) is 0 Å². The van der Waals surface area contributed by atoms with Crippen molar-refractivity contribution in [1.82, 2.24) is 10.2 Å². The van der Waals surface area contributed by atoms with Crippen LogP contribution in [0.15, 0.2) is 33.5 Å². The van der Waals surface area contributed by atoms with E-state index in [1.54, 1.807) is 23.5 Å². The molecule has 19 heavy (non-hydrogen) atoms. The molecule has 4 nitrogen and oxygen atoms in total. The van der Waals surface area contributed by atoms with Crippen LogP contribution in [0.25, 0.3) is 0 Å². The number of thioether (sulfide) groups is 2. The van der Waals surface area contributed by atoms with E-state index in [2.05, 4.69) is 22.4 Å². The first-order valence-corrected chi connectivity index (χ1v) is 8.67. The zero-order valence-electron chi connectivity index (χ0n) is 10.5. The summed E-state index contributed by atoms with van der Waals surface area (Å²) in [5.74, 6) is 0.787. The maximum absolute atomic E-state index is 12.0. The third-order valence-electron chi connectivity index (χ3n) is 2.25. The molecule has 0 saturated carbocycles. The highest BCUT2D eigenvalue weighted by Gasteiger charge is 2.10. The molecule has 1 N–H and O–H groups in total. The van der Waals surface area contributed by atoms with Gasteiger partial charge in [-0.25, -0.2) is 0 Å². The molecule has 1 aromatic heterocycles. The van der Waals surface area contributed by atoms with Gasteiger partial charge in [0.25, 0.3) is 5.91 Å². The second-order valence-electron chi connectivity index (χ2n) is 3.49. The van der Waals surface area contributed by atoms with Gasteiger partial charge >= 0.3 is 0 Å². The molecule has 0 aliphatic carbocycles. The van der Waals surface area contributed by atoms with Crippen molar-refractivity contribution in [2.24, 2.45) is 0 Å². The summed E-state index contributed by atoms with van der Waals surface area (Å²) in [6.45, 7) is 2.05. The number of nitrogens with zero attached hydrogens (tertiary/aromatic N) is 2. The summed E-state index contributed by atoms with van der Waals surface area (Å²) in [6, 6.07) is 7.48. The van der Waals surface area contributed by atoms with Crippen LogP contribution in [-0.2, 0) is 0 Å². The van der Waals surface area contributed by atoms with Crippen molar-refractivity contribution in [3.05, 3.63) is 29.8 Å². The zero-order chi connectivity index (χ0) is 13.7. The molecular formula is C12H13N3OS3. The van der Waals surface area contributed by atoms with Crippen LogP contribution in [0.1, 0.15) is 17.3 Å². The Hall–Kier alpha value is -1.05. The van der Waals surface area contributed by atoms with Gasteiger partial charge in [-0.05, 0) is 36.3 Å². The number of carbonyl (C=O) groups is 1. The van der Waals surface area contributed by atoms with Crippen LogP contribution in [0.3, 0.4) is 0 Å². The maximum atomic E-state index is 12.0. The van der Waals surface area contributed by atoms with E-state index < -0.39 is 0 Å². The minimum absolute atomic E-state index is 0.156. The van der Waals surface area contributed by atoms with Gasteiger partial charge in [0, 0.05) is 10.5 Å². The molecule has 7 heteroatoms. The van der Waals surface area contributed by atoms with Crippen molar-refractivity contribution in [3.8, 4) is 0 Å². The highest BCUT2D eigenvalue weighted by atomic mass is 32.2. The summed E-state index contributed by atoms with van der Waals surface area (Å²) < 4.78 is 0.871. The van der Waals surface area contributed by atoms with Crippen molar-refractivity contribution in [3.63, 3.8) is 0 Å². The fourth-order valence-corrected chi connectivity index (χ4v) is 3.41. The molecule has 0 aliphatic heterocycles. The highest BCUT2D eigenvalue weighted by molar-refractivity contribution is 8.01. The van der Waals surface area contributed by atoms with Gasteiger partial charge in [-0.15, -0.1) is 22.0 Å². The van der Waals surface area contributed by atoms with Gasteiger partial charge in [-0.3, -0.25) is 10.1 Å². The topological polar surface area (TPSA) is 54.9 Å². The Morgan fingerprint density at radius 3 is 2.68 bits per heavy atom. The number of anilines is 1. The molecule has 1 aromatic carbocycles.